The van der Waals surface area contributed by atoms with E-state index in [2.05, 4.69) is 53.0 Å². The zero-order valence-corrected chi connectivity index (χ0v) is 12.8. The Hall–Kier alpha value is -0.860. The maximum Gasteiger partial charge on any atom is 0.0643 e. The summed E-state index contributed by atoms with van der Waals surface area (Å²) in [5, 5.41) is -0.0355. The van der Waals surface area contributed by atoms with Crippen molar-refractivity contribution < 1.29 is 0 Å². The molecular weight excluding hydrogens is 310 g/mol. The van der Waals surface area contributed by atoms with E-state index < -0.39 is 0 Å². The number of hydrogen-bond donors (Lipinski definition) is 0. The topological polar surface area (TPSA) is 12.9 Å². The predicted molar refractivity (Wildman–Crippen MR) is 80.2 cm³/mol. The van der Waals surface area contributed by atoms with Gasteiger partial charge in [-0.3, -0.25) is 4.98 Å². The van der Waals surface area contributed by atoms with E-state index in [-0.39, 0.29) is 5.38 Å². The van der Waals surface area contributed by atoms with Gasteiger partial charge in [0.15, 0.2) is 0 Å². The molecule has 0 amide bonds. The van der Waals surface area contributed by atoms with Crippen molar-refractivity contribution in [2.24, 2.45) is 0 Å². The molecule has 2 rings (SSSR count). The number of halogens is 2. The number of pyridine rings is 1. The van der Waals surface area contributed by atoms with E-state index in [1.54, 1.807) is 0 Å². The van der Waals surface area contributed by atoms with Crippen LogP contribution in [0.1, 0.15) is 27.8 Å². The summed E-state index contributed by atoms with van der Waals surface area (Å²) in [6.07, 6.45) is 2.58. The first-order valence-electron chi connectivity index (χ1n) is 5.88. The second-order valence-electron chi connectivity index (χ2n) is 4.44. The Bertz CT molecular complexity index is 554. The second kappa shape index (κ2) is 5.85. The normalized spacial score (nSPS) is 12.4. The zero-order valence-electron chi connectivity index (χ0n) is 10.5. The summed E-state index contributed by atoms with van der Waals surface area (Å²) in [7, 11) is 0. The largest absolute Gasteiger partial charge is 0.261 e. The molecule has 0 aliphatic rings. The molecule has 1 unspecified atom stereocenters. The summed E-state index contributed by atoms with van der Waals surface area (Å²) in [5.74, 6) is 0. The molecule has 0 radical (unpaired) electrons. The average molecular weight is 325 g/mol. The minimum atomic E-state index is -0.0355. The molecule has 1 aromatic carbocycles. The third-order valence-electron chi connectivity index (χ3n) is 3.06. The summed E-state index contributed by atoms with van der Waals surface area (Å²) < 4.78 is 1.08. The van der Waals surface area contributed by atoms with Gasteiger partial charge in [0.05, 0.1) is 5.38 Å². The Morgan fingerprint density at radius 2 is 2.00 bits per heavy atom. The fraction of sp³-hybridized carbons (Fsp3) is 0.267. The van der Waals surface area contributed by atoms with E-state index in [4.69, 9.17) is 11.6 Å². The van der Waals surface area contributed by atoms with Crippen molar-refractivity contribution >= 4 is 27.5 Å². The molecule has 2 aromatic rings. The highest BCUT2D eigenvalue weighted by Gasteiger charge is 2.13. The Morgan fingerprint density at radius 3 is 2.67 bits per heavy atom. The Labute approximate surface area is 121 Å². The van der Waals surface area contributed by atoms with Crippen LogP contribution in [0.2, 0.25) is 0 Å². The summed E-state index contributed by atoms with van der Waals surface area (Å²) in [6.45, 7) is 4.15. The monoisotopic (exact) mass is 323 g/mol. The minimum absolute atomic E-state index is 0.0355. The summed E-state index contributed by atoms with van der Waals surface area (Å²) in [4.78, 5) is 4.40. The van der Waals surface area contributed by atoms with Crippen LogP contribution in [0.15, 0.2) is 41.0 Å². The van der Waals surface area contributed by atoms with Crippen LogP contribution in [-0.2, 0) is 6.42 Å². The first-order chi connectivity index (χ1) is 8.58. The molecule has 0 spiro atoms. The van der Waals surface area contributed by atoms with Crippen LogP contribution in [0.25, 0.3) is 0 Å². The van der Waals surface area contributed by atoms with E-state index in [0.717, 1.165) is 16.6 Å². The molecule has 0 saturated carbocycles. The molecule has 1 aromatic heterocycles. The lowest BCUT2D eigenvalue weighted by Gasteiger charge is -2.14. The first kappa shape index (κ1) is 13.6. The second-order valence-corrected chi connectivity index (χ2v) is 5.88. The fourth-order valence-electron chi connectivity index (χ4n) is 2.00. The Balaban J connectivity index is 2.22. The van der Waals surface area contributed by atoms with E-state index >= 15 is 0 Å². The summed E-state index contributed by atoms with van der Waals surface area (Å²) in [5.41, 5.74) is 4.64. The zero-order chi connectivity index (χ0) is 13.1. The Morgan fingerprint density at radius 1 is 1.22 bits per heavy atom. The molecule has 1 atom stereocenters. The molecular formula is C15H15BrClN. The van der Waals surface area contributed by atoms with Crippen molar-refractivity contribution in [3.63, 3.8) is 0 Å². The van der Waals surface area contributed by atoms with Crippen LogP contribution < -0.4 is 0 Å². The SMILES string of the molecule is Cc1cc(Br)ccc1C(Cl)Cc1ncccc1C. The van der Waals surface area contributed by atoms with Gasteiger partial charge in [0.2, 0.25) is 0 Å². The van der Waals surface area contributed by atoms with Crippen molar-refractivity contribution in [1.29, 1.82) is 0 Å². The van der Waals surface area contributed by atoms with Crippen LogP contribution in [-0.4, -0.2) is 4.98 Å². The molecule has 0 aliphatic carbocycles. The first-order valence-corrected chi connectivity index (χ1v) is 7.11. The highest BCUT2D eigenvalue weighted by molar-refractivity contribution is 9.10. The highest BCUT2D eigenvalue weighted by Crippen LogP contribution is 2.29. The quantitative estimate of drug-likeness (QED) is 0.725. The lowest BCUT2D eigenvalue weighted by Crippen LogP contribution is -2.02. The van der Waals surface area contributed by atoms with Crippen LogP contribution >= 0.6 is 27.5 Å². The van der Waals surface area contributed by atoms with E-state index in [9.17, 15) is 0 Å². The van der Waals surface area contributed by atoms with Crippen molar-refractivity contribution in [1.82, 2.24) is 4.98 Å². The smallest absolute Gasteiger partial charge is 0.0643 e. The lowest BCUT2D eigenvalue weighted by atomic mass is 10.0. The van der Waals surface area contributed by atoms with Crippen LogP contribution in [0.3, 0.4) is 0 Å². The predicted octanol–water partition coefficient (Wildman–Crippen LogP) is 4.98. The molecule has 0 saturated heterocycles. The standard InChI is InChI=1S/C15H15BrClN/c1-10-4-3-7-18-15(10)9-14(17)13-6-5-12(16)8-11(13)2/h3-8,14H,9H2,1-2H3. The number of aromatic nitrogens is 1. The number of hydrogen-bond acceptors (Lipinski definition) is 1. The van der Waals surface area contributed by atoms with Gasteiger partial charge in [0.1, 0.15) is 0 Å². The molecule has 0 bridgehead atoms. The third-order valence-corrected chi connectivity index (χ3v) is 3.94. The van der Waals surface area contributed by atoms with Crippen LogP contribution in [0.5, 0.6) is 0 Å². The van der Waals surface area contributed by atoms with E-state index in [0.29, 0.717) is 0 Å². The molecule has 0 N–H and O–H groups in total. The van der Waals surface area contributed by atoms with Gasteiger partial charge in [-0.2, -0.15) is 0 Å². The van der Waals surface area contributed by atoms with E-state index in [1.807, 2.05) is 18.3 Å². The summed E-state index contributed by atoms with van der Waals surface area (Å²) >= 11 is 9.98. The van der Waals surface area contributed by atoms with Gasteiger partial charge in [-0.25, -0.2) is 0 Å². The molecule has 94 valence electrons. The molecule has 1 nitrogen and oxygen atoms in total. The van der Waals surface area contributed by atoms with Crippen molar-refractivity contribution in [2.75, 3.05) is 0 Å². The number of benzene rings is 1. The number of rotatable bonds is 3. The van der Waals surface area contributed by atoms with Gasteiger partial charge in [0.25, 0.3) is 0 Å². The van der Waals surface area contributed by atoms with Crippen molar-refractivity contribution in [2.45, 2.75) is 25.6 Å². The number of alkyl halides is 1. The molecule has 1 heterocycles. The minimum Gasteiger partial charge on any atom is -0.261 e. The van der Waals surface area contributed by atoms with Gasteiger partial charge in [0, 0.05) is 22.8 Å². The molecule has 0 fully saturated rings. The van der Waals surface area contributed by atoms with Gasteiger partial charge in [-0.05, 0) is 48.7 Å². The van der Waals surface area contributed by atoms with Gasteiger partial charge >= 0.3 is 0 Å². The maximum atomic E-state index is 6.52. The van der Waals surface area contributed by atoms with Crippen LogP contribution in [0, 0.1) is 13.8 Å². The van der Waals surface area contributed by atoms with Gasteiger partial charge in [-0.15, -0.1) is 11.6 Å². The average Bonchev–Trinajstić information content (AvgIpc) is 2.32. The van der Waals surface area contributed by atoms with Crippen LogP contribution in [0.4, 0.5) is 0 Å². The van der Waals surface area contributed by atoms with Gasteiger partial charge < -0.3 is 0 Å². The molecule has 3 heteroatoms. The highest BCUT2D eigenvalue weighted by atomic mass is 79.9. The fourth-order valence-corrected chi connectivity index (χ4v) is 2.87. The number of nitrogens with zero attached hydrogens (tertiary/aromatic N) is 1. The maximum absolute atomic E-state index is 6.52. The lowest BCUT2D eigenvalue weighted by molar-refractivity contribution is 0.863. The Kier molecular flexibility index (Phi) is 4.41. The molecule has 0 aliphatic heterocycles. The summed E-state index contributed by atoms with van der Waals surface area (Å²) in [6, 6.07) is 10.2. The van der Waals surface area contributed by atoms with Crippen molar-refractivity contribution in [3.05, 3.63) is 63.4 Å². The van der Waals surface area contributed by atoms with Crippen molar-refractivity contribution in [3.8, 4) is 0 Å². The number of aryl methyl sites for hydroxylation is 2. The van der Waals surface area contributed by atoms with E-state index in [1.165, 1.54) is 16.7 Å². The third kappa shape index (κ3) is 3.12. The molecule has 18 heavy (non-hydrogen) atoms. The van der Waals surface area contributed by atoms with Gasteiger partial charge in [-0.1, -0.05) is 28.1 Å².